The third-order valence-electron chi connectivity index (χ3n) is 3.53. The molecule has 2 unspecified atom stereocenters. The average Bonchev–Trinajstić information content (AvgIpc) is 2.56. The van der Waals surface area contributed by atoms with Crippen molar-refractivity contribution in [3.05, 3.63) is 35.4 Å². The van der Waals surface area contributed by atoms with Crippen LogP contribution in [0, 0.1) is 11.6 Å². The van der Waals surface area contributed by atoms with Gasteiger partial charge in [0.05, 0.1) is 6.10 Å². The van der Waals surface area contributed by atoms with Crippen LogP contribution >= 0.6 is 0 Å². The molecule has 1 aromatic carbocycles. The zero-order valence-electron chi connectivity index (χ0n) is 10.3. The Hall–Kier alpha value is -1.00. The second-order valence-corrected chi connectivity index (χ2v) is 4.94. The lowest BCUT2D eigenvalue weighted by Gasteiger charge is -2.21. The molecule has 0 saturated heterocycles. The molecule has 0 radical (unpaired) electrons. The summed E-state index contributed by atoms with van der Waals surface area (Å²) >= 11 is 0. The molecule has 4 heteroatoms. The van der Waals surface area contributed by atoms with Gasteiger partial charge < -0.3 is 10.4 Å². The molecular weight excluding hydrogens is 236 g/mol. The summed E-state index contributed by atoms with van der Waals surface area (Å²) in [5, 5.41) is 13.2. The van der Waals surface area contributed by atoms with Crippen LogP contribution < -0.4 is 5.32 Å². The van der Waals surface area contributed by atoms with E-state index in [1.54, 1.807) is 6.07 Å². The number of benzene rings is 1. The Morgan fingerprint density at radius 3 is 2.67 bits per heavy atom. The van der Waals surface area contributed by atoms with Gasteiger partial charge in [-0.25, -0.2) is 8.78 Å². The lowest BCUT2D eigenvalue weighted by molar-refractivity contribution is 0.119. The van der Waals surface area contributed by atoms with Crippen molar-refractivity contribution >= 4 is 0 Å². The number of rotatable bonds is 3. The molecule has 0 bridgehead atoms. The van der Waals surface area contributed by atoms with Crippen molar-refractivity contribution in [1.82, 2.24) is 5.32 Å². The van der Waals surface area contributed by atoms with Gasteiger partial charge in [-0.05, 0) is 30.5 Å². The molecule has 0 aromatic heterocycles. The lowest BCUT2D eigenvalue weighted by Crippen LogP contribution is -2.38. The van der Waals surface area contributed by atoms with Gasteiger partial charge in [0.1, 0.15) is 0 Å². The fourth-order valence-corrected chi connectivity index (χ4v) is 2.42. The van der Waals surface area contributed by atoms with Crippen molar-refractivity contribution < 1.29 is 13.9 Å². The molecule has 0 heterocycles. The Labute approximate surface area is 106 Å². The molecular formula is C14H19F2NO. The second kappa shape index (κ2) is 6.25. The average molecular weight is 255 g/mol. The highest BCUT2D eigenvalue weighted by molar-refractivity contribution is 5.17. The second-order valence-electron chi connectivity index (χ2n) is 4.94. The predicted octanol–water partition coefficient (Wildman–Crippen LogP) is 2.75. The van der Waals surface area contributed by atoms with E-state index in [1.807, 2.05) is 0 Å². The molecule has 0 spiro atoms. The van der Waals surface area contributed by atoms with E-state index < -0.39 is 11.6 Å². The van der Waals surface area contributed by atoms with Gasteiger partial charge in [0.25, 0.3) is 0 Å². The van der Waals surface area contributed by atoms with E-state index in [-0.39, 0.29) is 12.1 Å². The zero-order chi connectivity index (χ0) is 13.0. The van der Waals surface area contributed by atoms with Crippen molar-refractivity contribution in [2.24, 2.45) is 0 Å². The van der Waals surface area contributed by atoms with E-state index in [2.05, 4.69) is 5.32 Å². The molecule has 1 aromatic rings. The predicted molar refractivity (Wildman–Crippen MR) is 66.1 cm³/mol. The summed E-state index contributed by atoms with van der Waals surface area (Å²) in [6.07, 6.45) is 4.73. The molecule has 1 fully saturated rings. The molecule has 1 saturated carbocycles. The first-order chi connectivity index (χ1) is 8.66. The molecule has 2 nitrogen and oxygen atoms in total. The standard InChI is InChI=1S/C14H19F2NO/c15-11-7-6-10(8-12(11)16)9-17-13-4-2-1-3-5-14(13)18/h6-8,13-14,17-18H,1-5,9H2. The van der Waals surface area contributed by atoms with Crippen molar-refractivity contribution in [2.75, 3.05) is 0 Å². The fraction of sp³-hybridized carbons (Fsp3) is 0.571. The minimum atomic E-state index is -0.826. The maximum atomic E-state index is 13.0. The highest BCUT2D eigenvalue weighted by Crippen LogP contribution is 2.18. The van der Waals surface area contributed by atoms with Crippen LogP contribution in [-0.4, -0.2) is 17.3 Å². The van der Waals surface area contributed by atoms with E-state index >= 15 is 0 Å². The third kappa shape index (κ3) is 3.50. The minimum absolute atomic E-state index is 0.0561. The topological polar surface area (TPSA) is 32.3 Å². The zero-order valence-corrected chi connectivity index (χ0v) is 10.3. The SMILES string of the molecule is OC1CCCCCC1NCc1ccc(F)c(F)c1. The number of hydrogen-bond acceptors (Lipinski definition) is 2. The molecule has 1 aliphatic rings. The summed E-state index contributed by atoms with van der Waals surface area (Å²) in [6, 6.07) is 3.95. The summed E-state index contributed by atoms with van der Waals surface area (Å²) in [4.78, 5) is 0. The molecule has 2 rings (SSSR count). The fourth-order valence-electron chi connectivity index (χ4n) is 2.42. The van der Waals surface area contributed by atoms with Gasteiger partial charge in [0.15, 0.2) is 11.6 Å². The molecule has 2 atom stereocenters. The van der Waals surface area contributed by atoms with Crippen LogP contribution in [0.2, 0.25) is 0 Å². The van der Waals surface area contributed by atoms with Crippen LogP contribution in [0.25, 0.3) is 0 Å². The van der Waals surface area contributed by atoms with Crippen LogP contribution in [0.4, 0.5) is 8.78 Å². The van der Waals surface area contributed by atoms with Crippen molar-refractivity contribution in [2.45, 2.75) is 50.8 Å². The molecule has 1 aliphatic carbocycles. The Morgan fingerprint density at radius 2 is 1.89 bits per heavy atom. The maximum Gasteiger partial charge on any atom is 0.159 e. The monoisotopic (exact) mass is 255 g/mol. The summed E-state index contributed by atoms with van der Waals surface area (Å²) in [7, 11) is 0. The number of aliphatic hydroxyl groups is 1. The van der Waals surface area contributed by atoms with Crippen molar-refractivity contribution in [1.29, 1.82) is 0 Å². The number of hydrogen-bond donors (Lipinski definition) is 2. The molecule has 2 N–H and O–H groups in total. The van der Waals surface area contributed by atoms with Gasteiger partial charge in [0, 0.05) is 12.6 Å². The smallest absolute Gasteiger partial charge is 0.159 e. The summed E-state index contributed by atoms with van der Waals surface area (Å²) in [6.45, 7) is 0.457. The van der Waals surface area contributed by atoms with Gasteiger partial charge in [-0.2, -0.15) is 0 Å². The van der Waals surface area contributed by atoms with E-state index in [0.29, 0.717) is 12.1 Å². The normalized spacial score (nSPS) is 24.8. The maximum absolute atomic E-state index is 13.0. The summed E-state index contributed by atoms with van der Waals surface area (Å²) < 4.78 is 25.8. The first-order valence-corrected chi connectivity index (χ1v) is 6.52. The van der Waals surface area contributed by atoms with Crippen molar-refractivity contribution in [3.63, 3.8) is 0 Å². The van der Waals surface area contributed by atoms with Crippen LogP contribution in [0.5, 0.6) is 0 Å². The Balaban J connectivity index is 1.91. The van der Waals surface area contributed by atoms with E-state index in [9.17, 15) is 13.9 Å². The Bertz CT molecular complexity index is 397. The first-order valence-electron chi connectivity index (χ1n) is 6.52. The van der Waals surface area contributed by atoms with Crippen LogP contribution in [-0.2, 0) is 6.54 Å². The van der Waals surface area contributed by atoms with Gasteiger partial charge in [0.2, 0.25) is 0 Å². The quantitative estimate of drug-likeness (QED) is 0.814. The summed E-state index contributed by atoms with van der Waals surface area (Å²) in [5.41, 5.74) is 0.699. The van der Waals surface area contributed by atoms with Gasteiger partial charge >= 0.3 is 0 Å². The van der Waals surface area contributed by atoms with E-state index in [1.165, 1.54) is 6.07 Å². The van der Waals surface area contributed by atoms with Crippen LogP contribution in [0.15, 0.2) is 18.2 Å². The van der Waals surface area contributed by atoms with Gasteiger partial charge in [-0.1, -0.05) is 25.3 Å². The highest BCUT2D eigenvalue weighted by atomic mass is 19.2. The molecule has 100 valence electrons. The number of aliphatic hydroxyl groups excluding tert-OH is 1. The first kappa shape index (κ1) is 13.4. The van der Waals surface area contributed by atoms with Crippen molar-refractivity contribution in [3.8, 4) is 0 Å². The number of nitrogens with one attached hydrogen (secondary N) is 1. The van der Waals surface area contributed by atoms with Gasteiger partial charge in [-0.15, -0.1) is 0 Å². The summed E-state index contributed by atoms with van der Waals surface area (Å²) in [5.74, 6) is -1.65. The third-order valence-corrected chi connectivity index (χ3v) is 3.53. The van der Waals surface area contributed by atoms with Crippen LogP contribution in [0.3, 0.4) is 0 Å². The van der Waals surface area contributed by atoms with Crippen LogP contribution in [0.1, 0.15) is 37.7 Å². The molecule has 0 amide bonds. The lowest BCUT2D eigenvalue weighted by atomic mass is 10.1. The number of halogens is 2. The minimum Gasteiger partial charge on any atom is -0.392 e. The van der Waals surface area contributed by atoms with E-state index in [0.717, 1.165) is 38.2 Å². The molecule has 0 aliphatic heterocycles. The molecule has 18 heavy (non-hydrogen) atoms. The van der Waals surface area contributed by atoms with E-state index in [4.69, 9.17) is 0 Å². The Morgan fingerprint density at radius 1 is 1.11 bits per heavy atom. The van der Waals surface area contributed by atoms with Gasteiger partial charge in [-0.3, -0.25) is 0 Å². The highest BCUT2D eigenvalue weighted by Gasteiger charge is 2.20. The largest absolute Gasteiger partial charge is 0.392 e. The Kier molecular flexibility index (Phi) is 4.66.